The van der Waals surface area contributed by atoms with Crippen molar-refractivity contribution in [3.8, 4) is 28.6 Å². The van der Waals surface area contributed by atoms with Crippen LogP contribution >= 0.6 is 22.7 Å². The van der Waals surface area contributed by atoms with Gasteiger partial charge >= 0.3 is 10.0 Å². The van der Waals surface area contributed by atoms with Gasteiger partial charge in [-0.3, -0.25) is 0 Å². The minimum Gasteiger partial charge on any atom is -0.612 e. The lowest BCUT2D eigenvalue weighted by Gasteiger charge is -2.07. The molecule has 136 valence electrons. The summed E-state index contributed by atoms with van der Waals surface area (Å²) >= 11 is 2.82. The summed E-state index contributed by atoms with van der Waals surface area (Å²) in [5.41, 5.74) is 2.07. The Balaban J connectivity index is 1.76. The summed E-state index contributed by atoms with van der Waals surface area (Å²) in [7, 11) is 0. The zero-order chi connectivity index (χ0) is 19.1. The van der Waals surface area contributed by atoms with E-state index in [1.54, 1.807) is 28.7 Å². The van der Waals surface area contributed by atoms with Crippen molar-refractivity contribution in [3.63, 3.8) is 0 Å². The number of benzene rings is 1. The number of aromatic nitrogens is 1. The monoisotopic (exact) mass is 400 g/mol. The number of hydrogen-bond donors (Lipinski definition) is 3. The molecule has 0 saturated carbocycles. The van der Waals surface area contributed by atoms with Gasteiger partial charge in [0.2, 0.25) is 11.4 Å². The van der Waals surface area contributed by atoms with Crippen molar-refractivity contribution in [2.45, 2.75) is 0 Å². The molecule has 9 heteroatoms. The minimum atomic E-state index is -0.461. The molecule has 0 saturated heterocycles. The highest BCUT2D eigenvalue weighted by Gasteiger charge is 2.27. The highest BCUT2D eigenvalue weighted by Crippen LogP contribution is 2.35. The Morgan fingerprint density at radius 3 is 2.41 bits per heavy atom. The summed E-state index contributed by atoms with van der Waals surface area (Å²) in [6.45, 7) is 0. The molecule has 1 aromatic carbocycles. The van der Waals surface area contributed by atoms with Crippen molar-refractivity contribution in [2.24, 2.45) is 0 Å². The normalized spacial score (nSPS) is 13.5. The van der Waals surface area contributed by atoms with Gasteiger partial charge in [-0.15, -0.1) is 4.40 Å². The van der Waals surface area contributed by atoms with Crippen molar-refractivity contribution < 1.29 is 24.6 Å². The summed E-state index contributed by atoms with van der Waals surface area (Å²) in [5.74, 6) is -0.408. The van der Waals surface area contributed by atoms with Crippen LogP contribution in [-0.2, 0) is 0 Å². The van der Waals surface area contributed by atoms with Crippen molar-refractivity contribution in [1.29, 1.82) is 0 Å². The van der Waals surface area contributed by atoms with Gasteiger partial charge < -0.3 is 25.7 Å². The van der Waals surface area contributed by atoms with Gasteiger partial charge in [0, 0.05) is 12.2 Å². The number of rotatable bonds is 2. The lowest BCUT2D eigenvalue weighted by Crippen LogP contribution is -2.18. The van der Waals surface area contributed by atoms with Crippen LogP contribution in [0.15, 0.2) is 53.5 Å². The molecule has 0 aliphatic heterocycles. The molecule has 0 amide bonds. The quantitative estimate of drug-likeness (QED) is 0.264. The first-order valence-electron chi connectivity index (χ1n) is 7.70. The molecular weight excluding hydrogens is 388 g/mol. The second kappa shape index (κ2) is 6.45. The first kappa shape index (κ1) is 17.1. The lowest BCUT2D eigenvalue weighted by molar-refractivity contribution is -0.502. The molecule has 0 unspecified atom stereocenters. The van der Waals surface area contributed by atoms with Gasteiger partial charge in [-0.2, -0.15) is 4.90 Å². The van der Waals surface area contributed by atoms with E-state index < -0.39 is 4.90 Å². The summed E-state index contributed by atoms with van der Waals surface area (Å²) in [5, 5.41) is 53.2. The third-order valence-electron chi connectivity index (χ3n) is 4.00. The lowest BCUT2D eigenvalue weighted by atomic mass is 10.1. The number of allylic oxidation sites excluding steroid dienone is 5. The van der Waals surface area contributed by atoms with E-state index in [2.05, 4.69) is 0 Å². The number of phenolic OH excluding ortho intramolecular Hbond substituents is 2. The SMILES string of the molecule is [O-][N+]([O-])=C1C=CC(=Cc2sc3scc(-c4ccc(O)c(O)c4)[n+]3c2O)C=C1. The van der Waals surface area contributed by atoms with E-state index in [0.717, 1.165) is 9.72 Å². The van der Waals surface area contributed by atoms with Gasteiger partial charge in [0.15, 0.2) is 11.5 Å². The zero-order valence-electron chi connectivity index (χ0n) is 13.6. The highest BCUT2D eigenvalue weighted by molar-refractivity contribution is 7.35. The summed E-state index contributed by atoms with van der Waals surface area (Å²) in [4.78, 5) is 0.150. The van der Waals surface area contributed by atoms with E-state index in [1.807, 2.05) is 5.38 Å². The van der Waals surface area contributed by atoms with E-state index in [1.165, 1.54) is 47.0 Å². The fourth-order valence-electron chi connectivity index (χ4n) is 2.65. The molecule has 0 fully saturated rings. The van der Waals surface area contributed by atoms with Crippen LogP contribution in [-0.4, -0.2) is 25.9 Å². The molecule has 1 aliphatic rings. The Kier molecular flexibility index (Phi) is 4.09. The molecular formula is C18H12N2O5S2. The second-order valence-electron chi connectivity index (χ2n) is 5.71. The van der Waals surface area contributed by atoms with E-state index in [0.29, 0.717) is 16.1 Å². The molecule has 27 heavy (non-hydrogen) atoms. The maximum absolute atomic E-state index is 10.7. The fraction of sp³-hybridized carbons (Fsp3) is 0. The van der Waals surface area contributed by atoms with Gasteiger partial charge in [0.25, 0.3) is 0 Å². The van der Waals surface area contributed by atoms with E-state index in [-0.39, 0.29) is 23.1 Å². The van der Waals surface area contributed by atoms with Crippen LogP contribution < -0.4 is 4.40 Å². The predicted octanol–water partition coefficient (Wildman–Crippen LogP) is 3.29. The number of aromatic hydroxyl groups is 3. The third-order valence-corrected chi connectivity index (χ3v) is 6.14. The van der Waals surface area contributed by atoms with Crippen LogP contribution in [0.1, 0.15) is 4.88 Å². The molecule has 2 aromatic heterocycles. The van der Waals surface area contributed by atoms with Crippen molar-refractivity contribution in [1.82, 2.24) is 0 Å². The average molecular weight is 400 g/mol. The standard InChI is InChI=1S/C18H12N2O5S2/c21-14-6-3-11(8-15(14)22)13-9-26-18-19(13)17(23)16(27-18)7-10-1-4-12(5-2-10)20(24)25/h1-9H,(H3-,21,22,23,24,25). The summed E-state index contributed by atoms with van der Waals surface area (Å²) in [6.07, 6.45) is 7.82. The van der Waals surface area contributed by atoms with Crippen LogP contribution in [0.4, 0.5) is 0 Å². The Morgan fingerprint density at radius 1 is 1.00 bits per heavy atom. The van der Waals surface area contributed by atoms with Gasteiger partial charge in [0.1, 0.15) is 4.88 Å². The molecule has 1 aliphatic carbocycles. The van der Waals surface area contributed by atoms with E-state index >= 15 is 0 Å². The first-order valence-corrected chi connectivity index (χ1v) is 9.40. The van der Waals surface area contributed by atoms with E-state index in [9.17, 15) is 25.7 Å². The number of thiazole rings is 2. The number of nitrogens with zero attached hydrogens (tertiary/aromatic N) is 2. The second-order valence-corrected chi connectivity index (χ2v) is 7.86. The highest BCUT2D eigenvalue weighted by atomic mass is 32.2. The van der Waals surface area contributed by atoms with Gasteiger partial charge in [-0.25, -0.2) is 0 Å². The number of phenols is 2. The Morgan fingerprint density at radius 2 is 1.74 bits per heavy atom. The fourth-order valence-corrected chi connectivity index (χ4v) is 4.84. The zero-order valence-corrected chi connectivity index (χ0v) is 15.2. The maximum Gasteiger partial charge on any atom is 0.391 e. The largest absolute Gasteiger partial charge is 0.612 e. The molecule has 2 heterocycles. The van der Waals surface area contributed by atoms with Crippen LogP contribution in [0.25, 0.3) is 21.5 Å². The van der Waals surface area contributed by atoms with Gasteiger partial charge in [-0.1, -0.05) is 11.3 Å². The predicted molar refractivity (Wildman–Crippen MR) is 104 cm³/mol. The molecule has 7 nitrogen and oxygen atoms in total. The smallest absolute Gasteiger partial charge is 0.391 e. The van der Waals surface area contributed by atoms with E-state index in [4.69, 9.17) is 0 Å². The van der Waals surface area contributed by atoms with Crippen LogP contribution in [0.3, 0.4) is 0 Å². The van der Waals surface area contributed by atoms with Crippen LogP contribution in [0, 0.1) is 10.4 Å². The van der Waals surface area contributed by atoms with Crippen molar-refractivity contribution >= 4 is 38.6 Å². The molecule has 0 bridgehead atoms. The molecule has 3 N–H and O–H groups in total. The first-order chi connectivity index (χ1) is 12.9. The Bertz CT molecular complexity index is 1160. The molecule has 0 radical (unpaired) electrons. The maximum atomic E-state index is 10.7. The van der Waals surface area contributed by atoms with Crippen LogP contribution in [0.2, 0.25) is 0 Å². The number of hydrogen-bond acceptors (Lipinski definition) is 7. The van der Waals surface area contributed by atoms with Gasteiger partial charge in [-0.05, 0) is 53.3 Å². The minimum absolute atomic E-state index is 0.00679. The van der Waals surface area contributed by atoms with Crippen molar-refractivity contribution in [3.05, 3.63) is 68.7 Å². The van der Waals surface area contributed by atoms with Crippen molar-refractivity contribution in [2.75, 3.05) is 0 Å². The molecule has 0 atom stereocenters. The topological polar surface area (TPSA) is 114 Å². The molecule has 4 rings (SSSR count). The Hall–Kier alpha value is -3.30. The summed E-state index contributed by atoms with van der Waals surface area (Å²) in [6, 6.07) is 4.48. The Labute approximate surface area is 160 Å². The average Bonchev–Trinajstić information content (AvgIpc) is 3.19. The van der Waals surface area contributed by atoms with Crippen LogP contribution in [0.5, 0.6) is 17.4 Å². The molecule has 0 spiro atoms. The third kappa shape index (κ3) is 3.03. The molecule has 3 aromatic rings. The summed E-state index contributed by atoms with van der Waals surface area (Å²) < 4.78 is 2.50. The number of fused-ring (bicyclic) bond motifs is 1. The van der Waals surface area contributed by atoms with Gasteiger partial charge in [0.05, 0.1) is 10.9 Å².